The van der Waals surface area contributed by atoms with E-state index in [9.17, 15) is 9.18 Å². The van der Waals surface area contributed by atoms with Crippen LogP contribution in [0.2, 0.25) is 0 Å². The molecule has 0 aliphatic rings. The molecule has 33 heavy (non-hydrogen) atoms. The number of nitrogens with zero attached hydrogens (tertiary/aromatic N) is 3. The summed E-state index contributed by atoms with van der Waals surface area (Å²) in [5.74, 6) is 0.0258. The van der Waals surface area contributed by atoms with Gasteiger partial charge in [-0.2, -0.15) is 0 Å². The SMILES string of the molecule is CCN(CC)CCN(C(=O)c1cc2ccccc2cc1OC)c1nc2ccc(F)cc2s1.[Cl-]. The highest BCUT2D eigenvalue weighted by molar-refractivity contribution is 7.22. The number of thiazole rings is 1. The number of methoxy groups -OCH3 is 1. The summed E-state index contributed by atoms with van der Waals surface area (Å²) >= 11 is 1.32. The Balaban J connectivity index is 0.00000306. The van der Waals surface area contributed by atoms with Gasteiger partial charge in [-0.15, -0.1) is 0 Å². The molecule has 3 aromatic carbocycles. The molecule has 8 heteroatoms. The summed E-state index contributed by atoms with van der Waals surface area (Å²) in [4.78, 5) is 22.4. The summed E-state index contributed by atoms with van der Waals surface area (Å²) < 4.78 is 20.0. The van der Waals surface area contributed by atoms with E-state index >= 15 is 0 Å². The fourth-order valence-corrected chi connectivity index (χ4v) is 4.78. The third kappa shape index (κ3) is 5.27. The molecule has 4 rings (SSSR count). The Bertz CT molecular complexity index is 1260. The van der Waals surface area contributed by atoms with Crippen molar-refractivity contribution in [2.75, 3.05) is 38.2 Å². The summed E-state index contributed by atoms with van der Waals surface area (Å²) in [6, 6.07) is 16.1. The monoisotopic (exact) mass is 486 g/mol. The number of benzene rings is 3. The summed E-state index contributed by atoms with van der Waals surface area (Å²) in [5, 5.41) is 2.52. The molecule has 0 aliphatic heterocycles. The molecular formula is C25H26ClFN3O2S-. The van der Waals surface area contributed by atoms with Crippen LogP contribution in [0.1, 0.15) is 24.2 Å². The van der Waals surface area contributed by atoms with Gasteiger partial charge in [0.2, 0.25) is 0 Å². The Labute approximate surface area is 203 Å². The van der Waals surface area contributed by atoms with Crippen LogP contribution in [0.3, 0.4) is 0 Å². The number of anilines is 1. The number of carbonyl (C=O) groups is 1. The van der Waals surface area contributed by atoms with Crippen molar-refractivity contribution in [2.45, 2.75) is 13.8 Å². The fraction of sp³-hybridized carbons (Fsp3) is 0.280. The van der Waals surface area contributed by atoms with Gasteiger partial charge in [0.25, 0.3) is 5.91 Å². The van der Waals surface area contributed by atoms with E-state index in [2.05, 4.69) is 23.7 Å². The van der Waals surface area contributed by atoms with Crippen molar-refractivity contribution in [2.24, 2.45) is 0 Å². The zero-order valence-corrected chi connectivity index (χ0v) is 20.4. The van der Waals surface area contributed by atoms with Crippen molar-refractivity contribution in [3.63, 3.8) is 0 Å². The smallest absolute Gasteiger partial charge is 0.263 e. The first-order chi connectivity index (χ1) is 15.5. The number of aromatic nitrogens is 1. The molecule has 0 N–H and O–H groups in total. The lowest BCUT2D eigenvalue weighted by Crippen LogP contribution is -3.00. The van der Waals surface area contributed by atoms with Gasteiger partial charge in [0.05, 0.1) is 22.9 Å². The first kappa shape index (κ1) is 24.9. The minimum absolute atomic E-state index is 0. The number of hydrogen-bond acceptors (Lipinski definition) is 5. The van der Waals surface area contributed by atoms with Crippen molar-refractivity contribution >= 4 is 43.4 Å². The third-order valence-electron chi connectivity index (χ3n) is 5.65. The lowest BCUT2D eigenvalue weighted by Gasteiger charge is -2.25. The molecule has 1 aromatic heterocycles. The zero-order valence-electron chi connectivity index (χ0n) is 18.8. The summed E-state index contributed by atoms with van der Waals surface area (Å²) in [6.07, 6.45) is 0. The third-order valence-corrected chi connectivity index (χ3v) is 6.69. The van der Waals surface area contributed by atoms with Crippen LogP contribution in [0.5, 0.6) is 5.75 Å². The lowest BCUT2D eigenvalue weighted by atomic mass is 10.0. The van der Waals surface area contributed by atoms with Crippen molar-refractivity contribution in [3.8, 4) is 5.75 Å². The van der Waals surface area contributed by atoms with Gasteiger partial charge in [-0.3, -0.25) is 9.69 Å². The topological polar surface area (TPSA) is 45.7 Å². The average Bonchev–Trinajstić information content (AvgIpc) is 3.23. The van der Waals surface area contributed by atoms with Crippen LogP contribution >= 0.6 is 11.3 Å². The lowest BCUT2D eigenvalue weighted by molar-refractivity contribution is -0.0000152. The van der Waals surface area contributed by atoms with Crippen LogP contribution in [0, 0.1) is 5.82 Å². The van der Waals surface area contributed by atoms with Crippen LogP contribution in [0.25, 0.3) is 21.0 Å². The second-order valence-corrected chi connectivity index (χ2v) is 8.50. The Morgan fingerprint density at radius 1 is 1.03 bits per heavy atom. The number of halogens is 2. The number of carbonyl (C=O) groups excluding carboxylic acids is 1. The molecule has 0 aliphatic carbocycles. The first-order valence-corrected chi connectivity index (χ1v) is 11.5. The van der Waals surface area contributed by atoms with Crippen LogP contribution in [-0.4, -0.2) is 49.1 Å². The van der Waals surface area contributed by atoms with E-state index < -0.39 is 0 Å². The Kier molecular flexibility index (Phi) is 8.24. The second-order valence-electron chi connectivity index (χ2n) is 7.49. The Morgan fingerprint density at radius 2 is 1.73 bits per heavy atom. The van der Waals surface area contributed by atoms with E-state index in [0.29, 0.717) is 39.8 Å². The molecule has 0 radical (unpaired) electrons. The number of hydrogen-bond donors (Lipinski definition) is 0. The van der Waals surface area contributed by atoms with E-state index in [4.69, 9.17) is 4.74 Å². The van der Waals surface area contributed by atoms with E-state index in [1.54, 1.807) is 18.1 Å². The number of fused-ring (bicyclic) bond motifs is 2. The molecule has 0 fully saturated rings. The number of likely N-dealkylation sites (N-methyl/N-ethyl adjacent to an activating group) is 1. The molecule has 0 saturated carbocycles. The highest BCUT2D eigenvalue weighted by Crippen LogP contribution is 2.33. The van der Waals surface area contributed by atoms with Gasteiger partial charge in [0, 0.05) is 13.1 Å². The molecule has 5 nitrogen and oxygen atoms in total. The van der Waals surface area contributed by atoms with Crippen LogP contribution in [0.15, 0.2) is 54.6 Å². The molecule has 4 aromatic rings. The van der Waals surface area contributed by atoms with Gasteiger partial charge in [-0.25, -0.2) is 9.37 Å². The van der Waals surface area contributed by atoms with Crippen LogP contribution in [-0.2, 0) is 0 Å². The zero-order chi connectivity index (χ0) is 22.7. The highest BCUT2D eigenvalue weighted by Gasteiger charge is 2.25. The van der Waals surface area contributed by atoms with Crippen LogP contribution < -0.4 is 22.0 Å². The Morgan fingerprint density at radius 3 is 2.39 bits per heavy atom. The largest absolute Gasteiger partial charge is 1.00 e. The number of amides is 1. The van der Waals surface area contributed by atoms with E-state index in [1.807, 2.05) is 36.4 Å². The molecule has 1 amide bonds. The van der Waals surface area contributed by atoms with Crippen molar-refractivity contribution in [1.82, 2.24) is 9.88 Å². The minimum Gasteiger partial charge on any atom is -1.00 e. The van der Waals surface area contributed by atoms with Crippen molar-refractivity contribution in [3.05, 3.63) is 66.0 Å². The van der Waals surface area contributed by atoms with Crippen molar-refractivity contribution < 1.29 is 26.3 Å². The molecule has 0 unspecified atom stereocenters. The van der Waals surface area contributed by atoms with Gasteiger partial charge in [-0.05, 0) is 54.2 Å². The van der Waals surface area contributed by atoms with Gasteiger partial charge in [0.15, 0.2) is 5.13 Å². The molecule has 0 saturated heterocycles. The number of ether oxygens (including phenoxy) is 1. The second kappa shape index (κ2) is 10.9. The standard InChI is InChI=1S/C25H26FN3O2S.ClH/c1-4-28(5-2)12-13-29(25-27-21-11-10-19(26)16-23(21)32-25)24(30)20-14-17-8-6-7-9-18(17)15-22(20)31-3;/h6-11,14-16H,4-5,12-13H2,1-3H3;1H/p-1. The molecule has 0 spiro atoms. The van der Waals surface area contributed by atoms with E-state index in [1.165, 1.54) is 23.5 Å². The average molecular weight is 487 g/mol. The van der Waals surface area contributed by atoms with Gasteiger partial charge >= 0.3 is 0 Å². The van der Waals surface area contributed by atoms with Crippen LogP contribution in [0.4, 0.5) is 9.52 Å². The Hall–Kier alpha value is -2.74. The molecular weight excluding hydrogens is 461 g/mol. The molecule has 1 heterocycles. The summed E-state index contributed by atoms with van der Waals surface area (Å²) in [7, 11) is 1.57. The molecule has 174 valence electrons. The number of rotatable bonds is 8. The summed E-state index contributed by atoms with van der Waals surface area (Å²) in [6.45, 7) is 7.16. The van der Waals surface area contributed by atoms with E-state index in [0.717, 1.165) is 23.9 Å². The van der Waals surface area contributed by atoms with Crippen molar-refractivity contribution in [1.29, 1.82) is 0 Å². The predicted octanol–water partition coefficient (Wildman–Crippen LogP) is 2.59. The highest BCUT2D eigenvalue weighted by atomic mass is 35.5. The maximum atomic E-state index is 13.8. The van der Waals surface area contributed by atoms with Gasteiger partial charge in [-0.1, -0.05) is 49.4 Å². The maximum absolute atomic E-state index is 13.8. The predicted molar refractivity (Wildman–Crippen MR) is 130 cm³/mol. The fourth-order valence-electron chi connectivity index (χ4n) is 3.77. The normalized spacial score (nSPS) is 11.1. The molecule has 0 atom stereocenters. The summed E-state index contributed by atoms with van der Waals surface area (Å²) in [5.41, 5.74) is 1.16. The first-order valence-electron chi connectivity index (χ1n) is 10.7. The quantitative estimate of drug-likeness (QED) is 0.384. The van der Waals surface area contributed by atoms with Gasteiger partial charge < -0.3 is 22.0 Å². The molecule has 0 bridgehead atoms. The maximum Gasteiger partial charge on any atom is 0.263 e. The van der Waals surface area contributed by atoms with Gasteiger partial charge in [0.1, 0.15) is 11.6 Å². The van der Waals surface area contributed by atoms with E-state index in [-0.39, 0.29) is 24.1 Å². The minimum atomic E-state index is -0.315.